The van der Waals surface area contributed by atoms with Crippen molar-refractivity contribution in [2.24, 2.45) is 5.92 Å². The van der Waals surface area contributed by atoms with Crippen LogP contribution >= 0.6 is 11.6 Å². The van der Waals surface area contributed by atoms with Crippen molar-refractivity contribution in [1.29, 1.82) is 0 Å². The Labute approximate surface area is 189 Å². The van der Waals surface area contributed by atoms with E-state index in [9.17, 15) is 9.59 Å². The zero-order valence-corrected chi connectivity index (χ0v) is 19.2. The fourth-order valence-electron chi connectivity index (χ4n) is 3.54. The molecule has 1 fully saturated rings. The lowest BCUT2D eigenvalue weighted by Crippen LogP contribution is -2.50. The van der Waals surface area contributed by atoms with Gasteiger partial charge in [-0.1, -0.05) is 44.0 Å². The summed E-state index contributed by atoms with van der Waals surface area (Å²) < 4.78 is 0. The molecule has 1 aromatic carbocycles. The molecule has 2 unspecified atom stereocenters. The standard InChI is InChI=1S/C24H31ClN4O2/c1-4-17(2)15-27-23(30)20-7-10-22(26-16-20)28-11-13-29(14-12-28)24(31)18(3)19-5-8-21(25)9-6-19/h5-10,16-18H,4,11-15H2,1-3H3,(H,27,30). The Balaban J connectivity index is 1.52. The molecular weight excluding hydrogens is 412 g/mol. The first-order valence-electron chi connectivity index (χ1n) is 10.9. The number of anilines is 1. The lowest BCUT2D eigenvalue weighted by atomic mass is 9.99. The van der Waals surface area contributed by atoms with E-state index in [4.69, 9.17) is 11.6 Å². The lowest BCUT2D eigenvalue weighted by molar-refractivity contribution is -0.132. The number of rotatable bonds is 7. The number of hydrogen-bond acceptors (Lipinski definition) is 4. The van der Waals surface area contributed by atoms with Gasteiger partial charge in [0.2, 0.25) is 5.91 Å². The Kier molecular flexibility index (Phi) is 7.91. The van der Waals surface area contributed by atoms with Crippen LogP contribution in [0.3, 0.4) is 0 Å². The van der Waals surface area contributed by atoms with E-state index in [-0.39, 0.29) is 17.7 Å². The highest BCUT2D eigenvalue weighted by Gasteiger charge is 2.26. The maximum absolute atomic E-state index is 12.9. The van der Waals surface area contributed by atoms with Crippen LogP contribution in [-0.2, 0) is 4.79 Å². The minimum atomic E-state index is -0.199. The molecule has 1 N–H and O–H groups in total. The number of halogens is 1. The molecule has 2 aromatic rings. The molecule has 2 heterocycles. The third kappa shape index (κ3) is 5.97. The molecule has 0 bridgehead atoms. The first-order valence-corrected chi connectivity index (χ1v) is 11.3. The number of nitrogens with zero attached hydrogens (tertiary/aromatic N) is 3. The third-order valence-electron chi connectivity index (χ3n) is 5.97. The Hall–Kier alpha value is -2.60. The number of amides is 2. The summed E-state index contributed by atoms with van der Waals surface area (Å²) in [6, 6.07) is 11.1. The van der Waals surface area contributed by atoms with E-state index in [1.165, 1.54) is 0 Å². The van der Waals surface area contributed by atoms with Gasteiger partial charge in [-0.3, -0.25) is 9.59 Å². The summed E-state index contributed by atoms with van der Waals surface area (Å²) >= 11 is 5.95. The smallest absolute Gasteiger partial charge is 0.252 e. The molecule has 0 spiro atoms. The summed E-state index contributed by atoms with van der Waals surface area (Å²) in [5.74, 6) is 1.12. The summed E-state index contributed by atoms with van der Waals surface area (Å²) in [6.07, 6.45) is 2.66. The summed E-state index contributed by atoms with van der Waals surface area (Å²) in [6.45, 7) is 9.55. The van der Waals surface area contributed by atoms with E-state index in [0.29, 0.717) is 49.2 Å². The van der Waals surface area contributed by atoms with E-state index in [2.05, 4.69) is 29.0 Å². The number of carbonyl (C=O) groups excluding carboxylic acids is 2. The zero-order chi connectivity index (χ0) is 22.4. The lowest BCUT2D eigenvalue weighted by Gasteiger charge is -2.36. The van der Waals surface area contributed by atoms with Crippen LogP contribution in [0.1, 0.15) is 49.0 Å². The number of carbonyl (C=O) groups is 2. The van der Waals surface area contributed by atoms with E-state index in [1.54, 1.807) is 6.20 Å². The van der Waals surface area contributed by atoms with Crippen LogP contribution in [0.4, 0.5) is 5.82 Å². The number of pyridine rings is 1. The van der Waals surface area contributed by atoms with Gasteiger partial charge in [0, 0.05) is 43.9 Å². The molecule has 2 atom stereocenters. The normalized spacial score (nSPS) is 16.0. The maximum Gasteiger partial charge on any atom is 0.252 e. The van der Waals surface area contributed by atoms with E-state index >= 15 is 0 Å². The Bertz CT molecular complexity index is 877. The van der Waals surface area contributed by atoms with Gasteiger partial charge in [-0.25, -0.2) is 4.98 Å². The maximum atomic E-state index is 12.9. The number of aromatic nitrogens is 1. The average molecular weight is 443 g/mol. The van der Waals surface area contributed by atoms with Crippen LogP contribution in [0, 0.1) is 5.92 Å². The molecule has 1 aliphatic heterocycles. The summed E-state index contributed by atoms with van der Waals surface area (Å²) in [5, 5.41) is 3.62. The van der Waals surface area contributed by atoms with Gasteiger partial charge >= 0.3 is 0 Å². The first kappa shape index (κ1) is 23.1. The van der Waals surface area contributed by atoms with Crippen molar-refractivity contribution in [2.75, 3.05) is 37.6 Å². The van der Waals surface area contributed by atoms with Crippen molar-refractivity contribution in [2.45, 2.75) is 33.1 Å². The molecule has 7 heteroatoms. The second-order valence-corrected chi connectivity index (χ2v) is 8.65. The molecule has 0 radical (unpaired) electrons. The number of hydrogen-bond donors (Lipinski definition) is 1. The second kappa shape index (κ2) is 10.6. The molecular formula is C24H31ClN4O2. The van der Waals surface area contributed by atoms with Crippen LogP contribution in [0.2, 0.25) is 5.02 Å². The Morgan fingerprint density at radius 2 is 1.74 bits per heavy atom. The average Bonchev–Trinajstić information content (AvgIpc) is 2.82. The van der Waals surface area contributed by atoms with Gasteiger partial charge < -0.3 is 15.1 Å². The van der Waals surface area contributed by atoms with Gasteiger partial charge in [0.15, 0.2) is 0 Å². The molecule has 0 aliphatic carbocycles. The van der Waals surface area contributed by atoms with Gasteiger partial charge in [0.05, 0.1) is 11.5 Å². The Morgan fingerprint density at radius 1 is 1.06 bits per heavy atom. The molecule has 31 heavy (non-hydrogen) atoms. The van der Waals surface area contributed by atoms with Crippen molar-refractivity contribution < 1.29 is 9.59 Å². The summed E-state index contributed by atoms with van der Waals surface area (Å²) in [5.41, 5.74) is 1.54. The summed E-state index contributed by atoms with van der Waals surface area (Å²) in [7, 11) is 0. The Morgan fingerprint density at radius 3 is 2.32 bits per heavy atom. The van der Waals surface area contributed by atoms with Crippen LogP contribution in [-0.4, -0.2) is 54.4 Å². The van der Waals surface area contributed by atoms with Crippen molar-refractivity contribution in [1.82, 2.24) is 15.2 Å². The van der Waals surface area contributed by atoms with E-state index in [1.807, 2.05) is 48.2 Å². The fourth-order valence-corrected chi connectivity index (χ4v) is 3.67. The van der Waals surface area contributed by atoms with Crippen LogP contribution in [0.5, 0.6) is 0 Å². The molecule has 0 saturated carbocycles. The van der Waals surface area contributed by atoms with Crippen LogP contribution in [0.25, 0.3) is 0 Å². The highest BCUT2D eigenvalue weighted by Crippen LogP contribution is 2.22. The molecule has 3 rings (SSSR count). The molecule has 2 amide bonds. The van der Waals surface area contributed by atoms with Gasteiger partial charge in [0.25, 0.3) is 5.91 Å². The summed E-state index contributed by atoms with van der Waals surface area (Å²) in [4.78, 5) is 33.7. The number of piperazine rings is 1. The topological polar surface area (TPSA) is 65.5 Å². The van der Waals surface area contributed by atoms with Crippen molar-refractivity contribution in [3.8, 4) is 0 Å². The minimum Gasteiger partial charge on any atom is -0.353 e. The zero-order valence-electron chi connectivity index (χ0n) is 18.5. The number of nitrogens with one attached hydrogen (secondary N) is 1. The highest BCUT2D eigenvalue weighted by atomic mass is 35.5. The fraction of sp³-hybridized carbons (Fsp3) is 0.458. The van der Waals surface area contributed by atoms with Gasteiger partial charge in [0.1, 0.15) is 5.82 Å². The predicted octanol–water partition coefficient (Wildman–Crippen LogP) is 3.96. The van der Waals surface area contributed by atoms with Crippen molar-refractivity contribution in [3.63, 3.8) is 0 Å². The van der Waals surface area contributed by atoms with Crippen LogP contribution in [0.15, 0.2) is 42.6 Å². The van der Waals surface area contributed by atoms with Gasteiger partial charge in [-0.15, -0.1) is 0 Å². The minimum absolute atomic E-state index is 0.0917. The molecule has 1 saturated heterocycles. The highest BCUT2D eigenvalue weighted by molar-refractivity contribution is 6.30. The quantitative estimate of drug-likeness (QED) is 0.704. The first-order chi connectivity index (χ1) is 14.9. The van der Waals surface area contributed by atoms with Crippen molar-refractivity contribution in [3.05, 3.63) is 58.7 Å². The molecule has 1 aromatic heterocycles. The number of benzene rings is 1. The van der Waals surface area contributed by atoms with E-state index < -0.39 is 0 Å². The monoisotopic (exact) mass is 442 g/mol. The van der Waals surface area contributed by atoms with Crippen LogP contribution < -0.4 is 10.2 Å². The largest absolute Gasteiger partial charge is 0.353 e. The van der Waals surface area contributed by atoms with Crippen molar-refractivity contribution >= 4 is 29.2 Å². The van der Waals surface area contributed by atoms with Gasteiger partial charge in [-0.05, 0) is 42.7 Å². The third-order valence-corrected chi connectivity index (χ3v) is 6.23. The van der Waals surface area contributed by atoms with E-state index in [0.717, 1.165) is 17.8 Å². The predicted molar refractivity (Wildman–Crippen MR) is 125 cm³/mol. The van der Waals surface area contributed by atoms with Gasteiger partial charge in [-0.2, -0.15) is 0 Å². The molecule has 166 valence electrons. The second-order valence-electron chi connectivity index (χ2n) is 8.21. The molecule has 6 nitrogen and oxygen atoms in total. The molecule has 1 aliphatic rings. The SMILES string of the molecule is CCC(C)CNC(=O)c1ccc(N2CCN(C(=O)C(C)c3ccc(Cl)cc3)CC2)nc1.